The number of benzene rings is 1. The first-order chi connectivity index (χ1) is 7.40. The fraction of sp³-hybridized carbons (Fsp3) is 0.364. The monoisotopic (exact) mass is 232 g/mol. The highest BCUT2D eigenvalue weighted by molar-refractivity contribution is 5.63. The molecular weight excluding hydrogens is 221 g/mol. The molecule has 0 amide bonds. The Morgan fingerprint density at radius 1 is 1.38 bits per heavy atom. The minimum atomic E-state index is -4.48. The molecule has 0 heterocycles. The molecule has 1 rings (SSSR count). The van der Waals surface area contributed by atoms with Crippen LogP contribution in [-0.4, -0.2) is 13.4 Å². The molecule has 0 aliphatic heterocycles. The first-order valence-corrected chi connectivity index (χ1v) is 4.60. The summed E-state index contributed by atoms with van der Waals surface area (Å²) < 4.78 is 42.8. The van der Waals surface area contributed by atoms with Crippen LogP contribution in [0, 0.1) is 0 Å². The van der Waals surface area contributed by atoms with Crippen LogP contribution in [0.2, 0.25) is 0 Å². The number of methoxy groups -OCH3 is 1. The Bertz CT molecular complexity index is 385. The average Bonchev–Trinajstić information content (AvgIpc) is 2.26. The van der Waals surface area contributed by atoms with Crippen molar-refractivity contribution < 1.29 is 22.7 Å². The third-order valence-corrected chi connectivity index (χ3v) is 2.26. The molecule has 0 saturated heterocycles. The maximum absolute atomic E-state index is 12.7. The third-order valence-electron chi connectivity index (χ3n) is 2.26. The van der Waals surface area contributed by atoms with Crippen LogP contribution in [0.1, 0.15) is 24.0 Å². The van der Waals surface area contributed by atoms with E-state index in [1.807, 2.05) is 0 Å². The summed E-state index contributed by atoms with van der Waals surface area (Å²) in [6, 6.07) is 3.57. The first-order valence-electron chi connectivity index (χ1n) is 4.60. The number of aldehydes is 1. The maximum Gasteiger partial charge on any atom is 0.416 e. The van der Waals surface area contributed by atoms with Gasteiger partial charge in [-0.1, -0.05) is 13.0 Å². The molecule has 0 N–H and O–H groups in total. The number of halogens is 3. The highest BCUT2D eigenvalue weighted by Gasteiger charge is 2.34. The average molecular weight is 232 g/mol. The smallest absolute Gasteiger partial charge is 0.416 e. The van der Waals surface area contributed by atoms with Crippen LogP contribution in [0.15, 0.2) is 18.2 Å². The summed E-state index contributed by atoms with van der Waals surface area (Å²) >= 11 is 0. The fourth-order valence-corrected chi connectivity index (χ4v) is 1.38. The first kappa shape index (κ1) is 12.5. The molecule has 1 unspecified atom stereocenters. The second kappa shape index (κ2) is 4.55. The van der Waals surface area contributed by atoms with E-state index >= 15 is 0 Å². The lowest BCUT2D eigenvalue weighted by Crippen LogP contribution is -2.11. The van der Waals surface area contributed by atoms with Crippen molar-refractivity contribution in [2.45, 2.75) is 19.0 Å². The Balaban J connectivity index is 3.33. The summed E-state index contributed by atoms with van der Waals surface area (Å²) in [4.78, 5) is 10.5. The van der Waals surface area contributed by atoms with Crippen LogP contribution >= 0.6 is 0 Å². The van der Waals surface area contributed by atoms with Crippen molar-refractivity contribution >= 4 is 6.29 Å². The molecule has 1 aromatic carbocycles. The Morgan fingerprint density at radius 2 is 2.00 bits per heavy atom. The SMILES string of the molecule is COc1ccc(C(C)C=O)c(C(F)(F)F)c1. The summed E-state index contributed by atoms with van der Waals surface area (Å²) in [5.41, 5.74) is -0.866. The minimum absolute atomic E-state index is 0.0386. The van der Waals surface area contributed by atoms with Crippen LogP contribution < -0.4 is 4.74 Å². The second-order valence-corrected chi connectivity index (χ2v) is 3.38. The molecule has 2 nitrogen and oxygen atoms in total. The van der Waals surface area contributed by atoms with E-state index in [2.05, 4.69) is 0 Å². The molecule has 1 aromatic rings. The predicted octanol–water partition coefficient (Wildman–Crippen LogP) is 3.02. The van der Waals surface area contributed by atoms with Crippen LogP contribution in [0.4, 0.5) is 13.2 Å². The lowest BCUT2D eigenvalue weighted by molar-refractivity contribution is -0.138. The molecule has 0 aliphatic rings. The fourth-order valence-electron chi connectivity index (χ4n) is 1.38. The molecule has 0 aromatic heterocycles. The largest absolute Gasteiger partial charge is 0.497 e. The van der Waals surface area contributed by atoms with E-state index in [9.17, 15) is 18.0 Å². The van der Waals surface area contributed by atoms with Gasteiger partial charge in [-0.25, -0.2) is 0 Å². The van der Waals surface area contributed by atoms with Gasteiger partial charge in [0.2, 0.25) is 0 Å². The van der Waals surface area contributed by atoms with Gasteiger partial charge in [-0.3, -0.25) is 0 Å². The van der Waals surface area contributed by atoms with Crippen LogP contribution in [0.3, 0.4) is 0 Å². The van der Waals surface area contributed by atoms with E-state index in [1.54, 1.807) is 0 Å². The summed E-state index contributed by atoms with van der Waals surface area (Å²) in [6.07, 6.45) is -4.00. The number of carbonyl (C=O) groups excluding carboxylic acids is 1. The van der Waals surface area contributed by atoms with E-state index in [0.29, 0.717) is 6.29 Å². The van der Waals surface area contributed by atoms with Crippen molar-refractivity contribution in [3.63, 3.8) is 0 Å². The van der Waals surface area contributed by atoms with E-state index in [4.69, 9.17) is 4.74 Å². The zero-order valence-corrected chi connectivity index (χ0v) is 8.84. The van der Waals surface area contributed by atoms with E-state index in [1.165, 1.54) is 26.2 Å². The van der Waals surface area contributed by atoms with Crippen LogP contribution in [0.5, 0.6) is 5.75 Å². The van der Waals surface area contributed by atoms with Crippen molar-refractivity contribution in [1.82, 2.24) is 0 Å². The van der Waals surface area contributed by atoms with Crippen molar-refractivity contribution in [1.29, 1.82) is 0 Å². The normalized spacial score (nSPS) is 13.3. The number of alkyl halides is 3. The van der Waals surface area contributed by atoms with Gasteiger partial charge in [-0.15, -0.1) is 0 Å². The highest BCUT2D eigenvalue weighted by Crippen LogP contribution is 2.36. The van der Waals surface area contributed by atoms with Gasteiger partial charge in [0.15, 0.2) is 0 Å². The number of ether oxygens (including phenoxy) is 1. The number of hydrogen-bond donors (Lipinski definition) is 0. The zero-order valence-electron chi connectivity index (χ0n) is 8.84. The molecule has 0 fully saturated rings. The lowest BCUT2D eigenvalue weighted by atomic mass is 9.96. The van der Waals surface area contributed by atoms with Gasteiger partial charge in [-0.2, -0.15) is 13.2 Å². The van der Waals surface area contributed by atoms with Crippen LogP contribution in [-0.2, 0) is 11.0 Å². The summed E-state index contributed by atoms with van der Waals surface area (Å²) in [7, 11) is 1.29. The molecule has 0 saturated carbocycles. The van der Waals surface area contributed by atoms with E-state index < -0.39 is 17.7 Å². The van der Waals surface area contributed by atoms with Crippen LogP contribution in [0.25, 0.3) is 0 Å². The quantitative estimate of drug-likeness (QED) is 0.749. The van der Waals surface area contributed by atoms with Gasteiger partial charge < -0.3 is 9.53 Å². The maximum atomic E-state index is 12.7. The van der Waals surface area contributed by atoms with E-state index in [0.717, 1.165) is 6.07 Å². The molecule has 5 heteroatoms. The number of carbonyl (C=O) groups is 1. The summed E-state index contributed by atoms with van der Waals surface area (Å²) in [5.74, 6) is -0.670. The molecule has 0 aliphatic carbocycles. The predicted molar refractivity (Wildman–Crippen MR) is 52.5 cm³/mol. The second-order valence-electron chi connectivity index (χ2n) is 3.38. The molecule has 16 heavy (non-hydrogen) atoms. The Morgan fingerprint density at radius 3 is 2.44 bits per heavy atom. The van der Waals surface area contributed by atoms with E-state index in [-0.39, 0.29) is 11.3 Å². The van der Waals surface area contributed by atoms with Gasteiger partial charge in [0.1, 0.15) is 12.0 Å². The minimum Gasteiger partial charge on any atom is -0.497 e. The highest BCUT2D eigenvalue weighted by atomic mass is 19.4. The molecule has 0 spiro atoms. The lowest BCUT2D eigenvalue weighted by Gasteiger charge is -2.15. The zero-order chi connectivity index (χ0) is 12.3. The van der Waals surface area contributed by atoms with Gasteiger partial charge in [0.05, 0.1) is 12.7 Å². The molecule has 0 radical (unpaired) electrons. The summed E-state index contributed by atoms with van der Waals surface area (Å²) in [5, 5.41) is 0. The Kier molecular flexibility index (Phi) is 3.57. The molecule has 1 atom stereocenters. The molecular formula is C11H11F3O2. The topological polar surface area (TPSA) is 26.3 Å². The van der Waals surface area contributed by atoms with Crippen molar-refractivity contribution in [3.05, 3.63) is 29.3 Å². The third kappa shape index (κ3) is 2.53. The van der Waals surface area contributed by atoms with Crippen molar-refractivity contribution in [2.75, 3.05) is 7.11 Å². The standard InChI is InChI=1S/C11H11F3O2/c1-7(6-15)9-4-3-8(16-2)5-10(9)11(12,13)14/h3-7H,1-2H3. The molecule has 88 valence electrons. The van der Waals surface area contributed by atoms with Gasteiger partial charge in [-0.05, 0) is 17.7 Å². The Hall–Kier alpha value is -1.52. The number of hydrogen-bond acceptors (Lipinski definition) is 2. The Labute approximate surface area is 91.0 Å². The molecule has 0 bridgehead atoms. The summed E-state index contributed by atoms with van der Waals surface area (Å²) in [6.45, 7) is 1.42. The number of rotatable bonds is 3. The van der Waals surface area contributed by atoms with Gasteiger partial charge in [0.25, 0.3) is 0 Å². The van der Waals surface area contributed by atoms with Gasteiger partial charge >= 0.3 is 6.18 Å². The van der Waals surface area contributed by atoms with Crippen molar-refractivity contribution in [2.24, 2.45) is 0 Å². The van der Waals surface area contributed by atoms with Gasteiger partial charge in [0, 0.05) is 5.92 Å². The van der Waals surface area contributed by atoms with Crippen molar-refractivity contribution in [3.8, 4) is 5.75 Å².